The monoisotopic (exact) mass is 767 g/mol. The highest BCUT2D eigenvalue weighted by atomic mass is 16.5. The van der Waals surface area contributed by atoms with Gasteiger partial charge in [-0.2, -0.15) is 0 Å². The minimum absolute atomic E-state index is 0.0123. The molecule has 56 heavy (non-hydrogen) atoms. The molecule has 2 aliphatic rings. The molecular weight excluding hydrogens is 711 g/mol. The number of likely N-dealkylation sites (tertiary alicyclic amines) is 2. The Kier molecular flexibility index (Phi) is 12.5. The van der Waals surface area contributed by atoms with Crippen LogP contribution in [0.4, 0.5) is 4.79 Å². The van der Waals surface area contributed by atoms with Gasteiger partial charge in [0.1, 0.15) is 17.9 Å². The van der Waals surface area contributed by atoms with Crippen molar-refractivity contribution in [2.75, 3.05) is 20.2 Å². The van der Waals surface area contributed by atoms with Gasteiger partial charge in [0.25, 0.3) is 0 Å². The first-order chi connectivity index (χ1) is 26.8. The minimum atomic E-state index is -0.778. The number of nitrogens with zero attached hydrogens (tertiary/aromatic N) is 4. The van der Waals surface area contributed by atoms with E-state index in [1.807, 2.05) is 44.9 Å². The number of ketones is 1. The zero-order valence-electron chi connectivity index (χ0n) is 33.8. The summed E-state index contributed by atoms with van der Waals surface area (Å²) in [6.07, 6.45) is 6.33. The van der Waals surface area contributed by atoms with Crippen LogP contribution >= 0.6 is 0 Å². The van der Waals surface area contributed by atoms with Crippen LogP contribution in [-0.2, 0) is 36.9 Å². The summed E-state index contributed by atoms with van der Waals surface area (Å²) in [5, 5.41) is 7.72. The first-order valence-electron chi connectivity index (χ1n) is 20.2. The maximum atomic E-state index is 13.9. The number of benzene rings is 2. The minimum Gasteiger partial charge on any atom is -0.453 e. The van der Waals surface area contributed by atoms with Crippen LogP contribution in [0, 0.1) is 11.8 Å². The average Bonchev–Trinajstić information content (AvgIpc) is 4.00. The number of aryl methyl sites for hydroxylation is 1. The smallest absolute Gasteiger partial charge is 0.407 e. The van der Waals surface area contributed by atoms with Crippen molar-refractivity contribution in [3.8, 4) is 11.3 Å². The Labute approximate surface area is 328 Å². The highest BCUT2D eigenvalue weighted by molar-refractivity contribution is 6.09. The number of imidazole rings is 1. The fraction of sp³-hybridized carbons (Fsp3) is 0.535. The molecule has 4 atom stereocenters. The van der Waals surface area contributed by atoms with Gasteiger partial charge < -0.3 is 34.7 Å². The third-order valence-corrected chi connectivity index (χ3v) is 11.4. The van der Waals surface area contributed by atoms with Crippen molar-refractivity contribution in [3.05, 3.63) is 54.0 Å². The Hall–Kier alpha value is -5.20. The molecule has 6 rings (SSSR count). The van der Waals surface area contributed by atoms with Gasteiger partial charge in [0.2, 0.25) is 17.7 Å². The van der Waals surface area contributed by atoms with Crippen LogP contribution in [0.1, 0.15) is 97.5 Å². The standard InChI is InChI=1S/C43H57N7O6/c1-8-9-18-48-35-21-28(22-37(52)33-12-10-19-49(33)42(54)39(26(4)5)47-43(55)56-7)14-16-30(35)31-17-15-29(23-36(31)48)32-24-44-40(46-32)34-13-11-20-50(34)41(53)38(25(2)3)45-27(6)51/h14-17,21,23-26,33-34,38-39H,8-13,18-20,22H2,1-7H3,(H,44,46)(H,45,51)(H,47,55)/t33-,34-,38-,39-/m0/s1. The molecular formula is C43H57N7O6. The predicted octanol–water partition coefficient (Wildman–Crippen LogP) is 6.29. The number of Topliss-reactive ketones (excluding diaryl/α,β-unsaturated/α-hetero) is 1. The molecule has 0 aliphatic carbocycles. The van der Waals surface area contributed by atoms with Crippen LogP contribution in [0.3, 0.4) is 0 Å². The van der Waals surface area contributed by atoms with Crippen molar-refractivity contribution in [2.45, 2.75) is 117 Å². The zero-order chi connectivity index (χ0) is 40.3. The first kappa shape index (κ1) is 40.5. The second-order valence-electron chi connectivity index (χ2n) is 16.1. The molecule has 0 saturated carbocycles. The van der Waals surface area contributed by atoms with E-state index in [4.69, 9.17) is 9.72 Å². The Balaban J connectivity index is 1.25. The molecule has 13 nitrogen and oxygen atoms in total. The molecule has 4 aromatic rings. The molecule has 4 amide bonds. The van der Waals surface area contributed by atoms with Crippen LogP contribution in [-0.4, -0.2) is 92.3 Å². The summed E-state index contributed by atoms with van der Waals surface area (Å²) < 4.78 is 7.09. The van der Waals surface area contributed by atoms with E-state index in [1.165, 1.54) is 14.0 Å². The normalized spacial score (nSPS) is 18.2. The number of carbonyl (C=O) groups is 5. The lowest BCUT2D eigenvalue weighted by molar-refractivity contribution is -0.139. The number of alkyl carbamates (subject to hydrolysis) is 1. The molecule has 3 N–H and O–H groups in total. The van der Waals surface area contributed by atoms with Crippen LogP contribution in [0.2, 0.25) is 0 Å². The van der Waals surface area contributed by atoms with E-state index < -0.39 is 24.2 Å². The van der Waals surface area contributed by atoms with E-state index >= 15 is 0 Å². The van der Waals surface area contributed by atoms with Gasteiger partial charge in [-0.05, 0) is 61.6 Å². The molecule has 2 saturated heterocycles. The summed E-state index contributed by atoms with van der Waals surface area (Å²) in [6.45, 7) is 13.1. The number of rotatable bonds is 14. The number of hydrogen-bond acceptors (Lipinski definition) is 7. The predicted molar refractivity (Wildman–Crippen MR) is 216 cm³/mol. The maximum Gasteiger partial charge on any atom is 0.407 e. The van der Waals surface area contributed by atoms with Gasteiger partial charge in [0.05, 0.1) is 31.1 Å². The quantitative estimate of drug-likeness (QED) is 0.136. The van der Waals surface area contributed by atoms with E-state index in [2.05, 4.69) is 57.4 Å². The lowest BCUT2D eigenvalue weighted by Crippen LogP contribution is -2.53. The molecule has 0 unspecified atom stereocenters. The van der Waals surface area contributed by atoms with Gasteiger partial charge in [-0.15, -0.1) is 0 Å². The lowest BCUT2D eigenvalue weighted by atomic mass is 9.98. The number of aromatic nitrogens is 3. The van der Waals surface area contributed by atoms with Gasteiger partial charge in [-0.25, -0.2) is 9.78 Å². The van der Waals surface area contributed by atoms with Crippen LogP contribution in [0.25, 0.3) is 33.1 Å². The highest BCUT2D eigenvalue weighted by Crippen LogP contribution is 2.36. The van der Waals surface area contributed by atoms with Crippen molar-refractivity contribution in [1.82, 2.24) is 35.0 Å². The van der Waals surface area contributed by atoms with Crippen LogP contribution in [0.5, 0.6) is 0 Å². The van der Waals surface area contributed by atoms with Gasteiger partial charge in [0.15, 0.2) is 5.78 Å². The average molecular weight is 768 g/mol. The lowest BCUT2D eigenvalue weighted by Gasteiger charge is -2.30. The topological polar surface area (TPSA) is 159 Å². The number of fused-ring (bicyclic) bond motifs is 3. The molecule has 13 heteroatoms. The maximum absolute atomic E-state index is 13.9. The van der Waals surface area contributed by atoms with E-state index in [1.54, 1.807) is 4.90 Å². The number of aromatic amines is 1. The molecule has 0 radical (unpaired) electrons. The molecule has 2 aromatic heterocycles. The zero-order valence-corrected chi connectivity index (χ0v) is 33.8. The van der Waals surface area contributed by atoms with E-state index in [9.17, 15) is 24.0 Å². The number of unbranched alkanes of at least 4 members (excludes halogenated alkanes) is 1. The van der Waals surface area contributed by atoms with Crippen molar-refractivity contribution in [2.24, 2.45) is 11.8 Å². The third-order valence-electron chi connectivity index (χ3n) is 11.4. The number of carbonyl (C=O) groups excluding carboxylic acids is 5. The van der Waals surface area contributed by atoms with Crippen molar-refractivity contribution >= 4 is 51.4 Å². The fourth-order valence-electron chi connectivity index (χ4n) is 8.42. The van der Waals surface area contributed by atoms with E-state index in [-0.39, 0.29) is 47.8 Å². The number of ether oxygens (including phenoxy) is 1. The number of nitrogens with one attached hydrogen (secondary N) is 3. The molecule has 0 spiro atoms. The Bertz CT molecular complexity index is 2100. The van der Waals surface area contributed by atoms with Crippen LogP contribution in [0.15, 0.2) is 42.6 Å². The van der Waals surface area contributed by atoms with Crippen molar-refractivity contribution < 1.29 is 28.7 Å². The van der Waals surface area contributed by atoms with Gasteiger partial charge in [0, 0.05) is 60.3 Å². The number of H-pyrrole nitrogens is 1. The van der Waals surface area contributed by atoms with Gasteiger partial charge >= 0.3 is 6.09 Å². The molecule has 2 aliphatic heterocycles. The summed E-state index contributed by atoms with van der Waals surface area (Å²) in [5.41, 5.74) is 4.88. The van der Waals surface area contributed by atoms with Crippen molar-refractivity contribution in [3.63, 3.8) is 0 Å². The van der Waals surface area contributed by atoms with E-state index in [0.29, 0.717) is 19.5 Å². The molecule has 2 aromatic carbocycles. The molecule has 2 fully saturated rings. The van der Waals surface area contributed by atoms with E-state index in [0.717, 1.165) is 83.1 Å². The third kappa shape index (κ3) is 8.31. The molecule has 4 heterocycles. The SMILES string of the molecule is CCCCn1c2cc(CC(=O)[C@@H]3CCCN3C(=O)[C@@H](NC(=O)OC)C(C)C)ccc2c2ccc(-c3cnc([C@@H]4CCCN4C(=O)[C@@H](NC(C)=O)C(C)C)[nH]3)cc21. The Morgan fingerprint density at radius 2 is 1.52 bits per heavy atom. The Morgan fingerprint density at radius 1 is 0.875 bits per heavy atom. The fourth-order valence-corrected chi connectivity index (χ4v) is 8.42. The second-order valence-corrected chi connectivity index (χ2v) is 16.1. The van der Waals surface area contributed by atoms with Crippen LogP contribution < -0.4 is 10.6 Å². The molecule has 300 valence electrons. The second kappa shape index (κ2) is 17.3. The summed E-state index contributed by atoms with van der Waals surface area (Å²) in [5.74, 6) is -0.0550. The summed E-state index contributed by atoms with van der Waals surface area (Å²) >= 11 is 0. The number of hydrogen-bond donors (Lipinski definition) is 3. The number of methoxy groups -OCH3 is 1. The van der Waals surface area contributed by atoms with Gasteiger partial charge in [-0.1, -0.05) is 65.3 Å². The largest absolute Gasteiger partial charge is 0.453 e. The number of amides is 4. The Morgan fingerprint density at radius 3 is 2.20 bits per heavy atom. The summed E-state index contributed by atoms with van der Waals surface area (Å²) in [4.78, 5) is 76.8. The van der Waals surface area contributed by atoms with Crippen molar-refractivity contribution in [1.29, 1.82) is 0 Å². The van der Waals surface area contributed by atoms with Gasteiger partial charge in [-0.3, -0.25) is 19.2 Å². The summed E-state index contributed by atoms with van der Waals surface area (Å²) in [7, 11) is 1.27. The summed E-state index contributed by atoms with van der Waals surface area (Å²) in [6, 6.07) is 10.5. The molecule has 0 bridgehead atoms. The first-order valence-corrected chi connectivity index (χ1v) is 20.2. The highest BCUT2D eigenvalue weighted by Gasteiger charge is 2.39.